The van der Waals surface area contributed by atoms with Crippen LogP contribution < -0.4 is 10.1 Å². The number of methoxy groups -OCH3 is 1. The number of hydrogen-bond acceptors (Lipinski definition) is 4. The molecule has 0 bridgehead atoms. The lowest BCUT2D eigenvalue weighted by molar-refractivity contribution is -0.115. The molecule has 2 N–H and O–H groups in total. The van der Waals surface area contributed by atoms with Crippen LogP contribution in [0.1, 0.15) is 35.3 Å². The normalized spacial score (nSPS) is 10.6. The number of hydrogen-bond donors (Lipinski definition) is 2. The third kappa shape index (κ3) is 5.60. The summed E-state index contributed by atoms with van der Waals surface area (Å²) in [5.41, 5.74) is 2.25. The van der Waals surface area contributed by atoms with Crippen molar-refractivity contribution in [2.75, 3.05) is 12.4 Å². The molecule has 26 heavy (non-hydrogen) atoms. The number of amides is 1. The molecular weight excluding hydrogens is 334 g/mol. The van der Waals surface area contributed by atoms with Crippen LogP contribution in [0.25, 0.3) is 0 Å². The van der Waals surface area contributed by atoms with Gasteiger partial charge in [0.1, 0.15) is 5.75 Å². The average molecular weight is 357 g/mol. The second kappa shape index (κ2) is 9.01. The van der Waals surface area contributed by atoms with Crippen molar-refractivity contribution in [3.05, 3.63) is 59.2 Å². The van der Waals surface area contributed by atoms with E-state index < -0.39 is 5.97 Å². The lowest BCUT2D eigenvalue weighted by Crippen LogP contribution is -2.17. The van der Waals surface area contributed by atoms with Crippen molar-refractivity contribution in [1.82, 2.24) is 0 Å². The number of aromatic carboxylic acids is 1. The SMILES string of the molecule is COCc1cccc(CC(=O)Nc2cc(C(=O)O)ccc2OC(C)C)c1. The number of carbonyl (C=O) groups is 2. The minimum atomic E-state index is -1.07. The molecule has 0 aromatic heterocycles. The van der Waals surface area contributed by atoms with Crippen molar-refractivity contribution in [2.24, 2.45) is 0 Å². The third-order valence-electron chi connectivity index (χ3n) is 3.53. The Hall–Kier alpha value is -2.86. The Labute approximate surface area is 152 Å². The van der Waals surface area contributed by atoms with Gasteiger partial charge in [0.25, 0.3) is 0 Å². The van der Waals surface area contributed by atoms with Crippen molar-refractivity contribution in [1.29, 1.82) is 0 Å². The summed E-state index contributed by atoms with van der Waals surface area (Å²) in [6, 6.07) is 12.0. The molecule has 0 spiro atoms. The maximum absolute atomic E-state index is 12.4. The predicted molar refractivity (Wildman–Crippen MR) is 98.7 cm³/mol. The topological polar surface area (TPSA) is 84.9 Å². The lowest BCUT2D eigenvalue weighted by atomic mass is 10.1. The molecule has 0 aliphatic rings. The van der Waals surface area contributed by atoms with Gasteiger partial charge in [0, 0.05) is 7.11 Å². The van der Waals surface area contributed by atoms with Gasteiger partial charge in [-0.3, -0.25) is 4.79 Å². The quantitative estimate of drug-likeness (QED) is 0.755. The number of carboxylic acid groups (broad SMARTS) is 1. The Balaban J connectivity index is 2.17. The fourth-order valence-electron chi connectivity index (χ4n) is 2.49. The van der Waals surface area contributed by atoms with E-state index in [0.29, 0.717) is 18.0 Å². The zero-order valence-corrected chi connectivity index (χ0v) is 15.1. The molecule has 0 saturated carbocycles. The van der Waals surface area contributed by atoms with E-state index in [4.69, 9.17) is 14.6 Å². The van der Waals surface area contributed by atoms with E-state index in [1.807, 2.05) is 38.1 Å². The van der Waals surface area contributed by atoms with E-state index in [1.165, 1.54) is 12.1 Å². The number of nitrogens with one attached hydrogen (secondary N) is 1. The molecule has 0 radical (unpaired) electrons. The first-order valence-electron chi connectivity index (χ1n) is 8.29. The van der Waals surface area contributed by atoms with E-state index in [0.717, 1.165) is 11.1 Å². The molecule has 2 aromatic rings. The van der Waals surface area contributed by atoms with Gasteiger partial charge in [-0.25, -0.2) is 4.79 Å². The Kier molecular flexibility index (Phi) is 6.74. The number of benzene rings is 2. The van der Waals surface area contributed by atoms with Crippen LogP contribution in [-0.2, 0) is 22.6 Å². The van der Waals surface area contributed by atoms with Gasteiger partial charge in [0.15, 0.2) is 0 Å². The monoisotopic (exact) mass is 357 g/mol. The molecule has 0 heterocycles. The largest absolute Gasteiger partial charge is 0.489 e. The summed E-state index contributed by atoms with van der Waals surface area (Å²) < 4.78 is 10.8. The van der Waals surface area contributed by atoms with Crippen molar-refractivity contribution < 1.29 is 24.2 Å². The Morgan fingerprint density at radius 3 is 2.50 bits per heavy atom. The maximum atomic E-state index is 12.4. The van der Waals surface area contributed by atoms with Crippen molar-refractivity contribution in [3.8, 4) is 5.75 Å². The van der Waals surface area contributed by atoms with Gasteiger partial charge < -0.3 is 19.9 Å². The van der Waals surface area contributed by atoms with Crippen LogP contribution >= 0.6 is 0 Å². The standard InChI is InChI=1S/C20H23NO5/c1-13(2)26-18-8-7-16(20(23)24)11-17(18)21-19(22)10-14-5-4-6-15(9-14)12-25-3/h4-9,11,13H,10,12H2,1-3H3,(H,21,22)(H,23,24). The van der Waals surface area contributed by atoms with Gasteiger partial charge >= 0.3 is 5.97 Å². The summed E-state index contributed by atoms with van der Waals surface area (Å²) in [4.78, 5) is 23.6. The number of rotatable bonds is 8. The summed E-state index contributed by atoms with van der Waals surface area (Å²) in [6.07, 6.45) is 0.0581. The molecule has 0 unspecified atom stereocenters. The second-order valence-corrected chi connectivity index (χ2v) is 6.16. The van der Waals surface area contributed by atoms with Crippen molar-refractivity contribution in [2.45, 2.75) is 33.0 Å². The lowest BCUT2D eigenvalue weighted by Gasteiger charge is -2.15. The Morgan fingerprint density at radius 2 is 1.85 bits per heavy atom. The van der Waals surface area contributed by atoms with Crippen LogP contribution in [-0.4, -0.2) is 30.2 Å². The summed E-state index contributed by atoms with van der Waals surface area (Å²) in [7, 11) is 1.62. The van der Waals surface area contributed by atoms with Crippen LogP contribution in [0.4, 0.5) is 5.69 Å². The van der Waals surface area contributed by atoms with Gasteiger partial charge in [-0.2, -0.15) is 0 Å². The molecule has 0 saturated heterocycles. The fraction of sp³-hybridized carbons (Fsp3) is 0.300. The first-order valence-corrected chi connectivity index (χ1v) is 8.29. The number of carbonyl (C=O) groups excluding carboxylic acids is 1. The van der Waals surface area contributed by atoms with E-state index in [-0.39, 0.29) is 24.0 Å². The minimum absolute atomic E-state index is 0.0819. The molecule has 2 aromatic carbocycles. The van der Waals surface area contributed by atoms with Gasteiger partial charge in [0.2, 0.25) is 5.91 Å². The van der Waals surface area contributed by atoms with E-state index >= 15 is 0 Å². The summed E-state index contributed by atoms with van der Waals surface area (Å²) in [5, 5.41) is 11.9. The molecule has 0 aliphatic heterocycles. The molecule has 0 atom stereocenters. The second-order valence-electron chi connectivity index (χ2n) is 6.16. The van der Waals surface area contributed by atoms with Crippen LogP contribution in [0.2, 0.25) is 0 Å². The minimum Gasteiger partial charge on any atom is -0.489 e. The van der Waals surface area contributed by atoms with Crippen LogP contribution in [0.3, 0.4) is 0 Å². The highest BCUT2D eigenvalue weighted by Crippen LogP contribution is 2.27. The summed E-state index contributed by atoms with van der Waals surface area (Å²) in [6.45, 7) is 4.19. The van der Waals surface area contributed by atoms with Crippen molar-refractivity contribution in [3.63, 3.8) is 0 Å². The van der Waals surface area contributed by atoms with Crippen LogP contribution in [0.15, 0.2) is 42.5 Å². The van der Waals surface area contributed by atoms with E-state index in [9.17, 15) is 9.59 Å². The highest BCUT2D eigenvalue weighted by molar-refractivity contribution is 5.96. The van der Waals surface area contributed by atoms with Crippen molar-refractivity contribution >= 4 is 17.6 Å². The maximum Gasteiger partial charge on any atom is 0.335 e. The van der Waals surface area contributed by atoms with Gasteiger partial charge in [-0.05, 0) is 43.2 Å². The summed E-state index contributed by atoms with van der Waals surface area (Å²) in [5.74, 6) is -0.883. The number of anilines is 1. The molecule has 6 nitrogen and oxygen atoms in total. The smallest absolute Gasteiger partial charge is 0.335 e. The van der Waals surface area contributed by atoms with Crippen LogP contribution in [0, 0.1) is 0 Å². The predicted octanol–water partition coefficient (Wildman–Crippen LogP) is 3.50. The highest BCUT2D eigenvalue weighted by Gasteiger charge is 2.14. The van der Waals surface area contributed by atoms with Crippen LogP contribution in [0.5, 0.6) is 5.75 Å². The van der Waals surface area contributed by atoms with E-state index in [2.05, 4.69) is 5.32 Å². The Morgan fingerprint density at radius 1 is 1.12 bits per heavy atom. The number of ether oxygens (including phenoxy) is 2. The van der Waals surface area contributed by atoms with Gasteiger partial charge in [-0.1, -0.05) is 24.3 Å². The molecule has 2 rings (SSSR count). The number of carboxylic acids is 1. The summed E-state index contributed by atoms with van der Waals surface area (Å²) >= 11 is 0. The zero-order chi connectivity index (χ0) is 19.1. The highest BCUT2D eigenvalue weighted by atomic mass is 16.5. The molecular formula is C20H23NO5. The Bertz CT molecular complexity index is 786. The molecule has 0 aliphatic carbocycles. The molecule has 0 fully saturated rings. The van der Waals surface area contributed by atoms with Gasteiger partial charge in [-0.15, -0.1) is 0 Å². The molecule has 1 amide bonds. The zero-order valence-electron chi connectivity index (χ0n) is 15.1. The molecule has 138 valence electrons. The fourth-order valence-corrected chi connectivity index (χ4v) is 2.49. The molecule has 6 heteroatoms. The van der Waals surface area contributed by atoms with E-state index in [1.54, 1.807) is 13.2 Å². The first-order chi connectivity index (χ1) is 12.4. The third-order valence-corrected chi connectivity index (χ3v) is 3.53. The average Bonchev–Trinajstić information content (AvgIpc) is 2.56. The van der Waals surface area contributed by atoms with Gasteiger partial charge in [0.05, 0.1) is 30.4 Å². The first kappa shape index (κ1) is 19.5.